The first-order valence-corrected chi connectivity index (χ1v) is 10.7. The third kappa shape index (κ3) is 4.48. The summed E-state index contributed by atoms with van der Waals surface area (Å²) in [7, 11) is 1.54. The first kappa shape index (κ1) is 22.6. The lowest BCUT2D eigenvalue weighted by Gasteiger charge is -2.13. The maximum absolute atomic E-state index is 13.2. The molecule has 3 aromatic heterocycles. The Balaban J connectivity index is 1.78. The summed E-state index contributed by atoms with van der Waals surface area (Å²) in [5.74, 6) is 0.117. The predicted molar refractivity (Wildman–Crippen MR) is 125 cm³/mol. The van der Waals surface area contributed by atoms with E-state index < -0.39 is 12.0 Å². The molecule has 0 radical (unpaired) electrons. The van der Waals surface area contributed by atoms with Crippen LogP contribution in [0.1, 0.15) is 24.2 Å². The number of nitrogen functional groups attached to an aromatic ring is 1. The molecule has 172 valence electrons. The fourth-order valence-electron chi connectivity index (χ4n) is 3.38. The van der Waals surface area contributed by atoms with Crippen LogP contribution >= 0.6 is 11.6 Å². The molecule has 4 rings (SSSR count). The van der Waals surface area contributed by atoms with E-state index in [1.54, 1.807) is 47.5 Å². The molecular weight excluding hydrogens is 446 g/mol. The number of halogens is 1. The van der Waals surface area contributed by atoms with E-state index in [0.29, 0.717) is 33.4 Å². The zero-order valence-electron chi connectivity index (χ0n) is 18.4. The van der Waals surface area contributed by atoms with Crippen LogP contribution < -0.4 is 15.8 Å². The fourth-order valence-corrected chi connectivity index (χ4v) is 3.55. The Bertz CT molecular complexity index is 1310. The van der Waals surface area contributed by atoms with E-state index in [-0.39, 0.29) is 23.8 Å². The minimum absolute atomic E-state index is 0.0288. The van der Waals surface area contributed by atoms with E-state index in [9.17, 15) is 9.90 Å². The van der Waals surface area contributed by atoms with Crippen molar-refractivity contribution in [2.75, 3.05) is 18.2 Å². The first-order valence-electron chi connectivity index (χ1n) is 10.3. The van der Waals surface area contributed by atoms with Gasteiger partial charge in [-0.15, -0.1) is 5.10 Å². The van der Waals surface area contributed by atoms with Crippen molar-refractivity contribution in [3.05, 3.63) is 53.4 Å². The molecule has 33 heavy (non-hydrogen) atoms. The zero-order valence-corrected chi connectivity index (χ0v) is 19.1. The van der Waals surface area contributed by atoms with Gasteiger partial charge in [-0.1, -0.05) is 25.4 Å². The Morgan fingerprint density at radius 3 is 2.85 bits per heavy atom. The highest BCUT2D eigenvalue weighted by atomic mass is 35.5. The van der Waals surface area contributed by atoms with Crippen molar-refractivity contribution in [3.63, 3.8) is 0 Å². The minimum atomic E-state index is -0.623. The number of nitrogens with one attached hydrogen (secondary N) is 1. The van der Waals surface area contributed by atoms with Gasteiger partial charge in [0.1, 0.15) is 17.0 Å². The number of rotatable bonds is 7. The molecule has 11 heteroatoms. The Hall–Kier alpha value is -3.63. The molecule has 1 atom stereocenters. The van der Waals surface area contributed by atoms with Gasteiger partial charge in [0, 0.05) is 29.2 Å². The topological polar surface area (TPSA) is 133 Å². The van der Waals surface area contributed by atoms with E-state index in [1.807, 2.05) is 13.8 Å². The number of carbonyl (C=O) groups excluding carboxylic acids is 1. The van der Waals surface area contributed by atoms with Crippen LogP contribution in [0.2, 0.25) is 5.02 Å². The number of hydrogen-bond acceptors (Lipinski definition) is 7. The number of aliphatic hydroxyl groups is 1. The molecule has 3 heterocycles. The molecule has 0 fully saturated rings. The molecule has 0 aliphatic carbocycles. The van der Waals surface area contributed by atoms with Gasteiger partial charge in [-0.2, -0.15) is 5.10 Å². The number of nitrogens with zero attached hydrogens (tertiary/aromatic N) is 5. The van der Waals surface area contributed by atoms with E-state index in [4.69, 9.17) is 22.1 Å². The van der Waals surface area contributed by atoms with E-state index >= 15 is 0 Å². The van der Waals surface area contributed by atoms with Crippen molar-refractivity contribution in [1.29, 1.82) is 0 Å². The summed E-state index contributed by atoms with van der Waals surface area (Å²) in [5.41, 5.74) is 7.89. The average molecular weight is 470 g/mol. The molecule has 0 aliphatic heterocycles. The van der Waals surface area contributed by atoms with Crippen LogP contribution in [0, 0.1) is 5.92 Å². The summed E-state index contributed by atoms with van der Waals surface area (Å²) in [4.78, 5) is 17.4. The lowest BCUT2D eigenvalue weighted by molar-refractivity contribution is 0.102. The number of nitrogens with two attached hydrogens (primary N) is 1. The smallest absolute Gasteiger partial charge is 0.263 e. The molecule has 10 nitrogen and oxygen atoms in total. The lowest BCUT2D eigenvalue weighted by Crippen LogP contribution is -2.22. The van der Waals surface area contributed by atoms with Crippen LogP contribution in [-0.4, -0.2) is 48.6 Å². The highest BCUT2D eigenvalue weighted by Gasteiger charge is 2.24. The molecule has 4 aromatic rings. The van der Waals surface area contributed by atoms with E-state index in [0.717, 1.165) is 0 Å². The maximum atomic E-state index is 13.2. The highest BCUT2D eigenvalue weighted by molar-refractivity contribution is 6.31. The number of anilines is 2. The van der Waals surface area contributed by atoms with Gasteiger partial charge in [0.15, 0.2) is 11.5 Å². The third-order valence-corrected chi connectivity index (χ3v) is 5.45. The van der Waals surface area contributed by atoms with Crippen molar-refractivity contribution >= 4 is 34.7 Å². The highest BCUT2D eigenvalue weighted by Crippen LogP contribution is 2.36. The number of aliphatic hydroxyl groups excluding tert-OH is 1. The van der Waals surface area contributed by atoms with Crippen LogP contribution in [0.5, 0.6) is 5.75 Å². The van der Waals surface area contributed by atoms with Crippen molar-refractivity contribution < 1.29 is 14.6 Å². The second kappa shape index (κ2) is 9.08. The largest absolute Gasteiger partial charge is 0.496 e. The summed E-state index contributed by atoms with van der Waals surface area (Å²) < 4.78 is 8.49. The second-order valence-electron chi connectivity index (χ2n) is 7.87. The van der Waals surface area contributed by atoms with Gasteiger partial charge in [-0.3, -0.25) is 9.48 Å². The van der Waals surface area contributed by atoms with E-state index in [1.165, 1.54) is 11.6 Å². The number of hydrogen-bond donors (Lipinski definition) is 3. The number of carbonyl (C=O) groups is 1. The van der Waals surface area contributed by atoms with E-state index in [2.05, 4.69) is 20.5 Å². The average Bonchev–Trinajstić information content (AvgIpc) is 3.32. The number of benzene rings is 1. The monoisotopic (exact) mass is 469 g/mol. The Kier molecular flexibility index (Phi) is 6.21. The van der Waals surface area contributed by atoms with Crippen molar-refractivity contribution in [2.45, 2.75) is 26.5 Å². The molecule has 0 bridgehead atoms. The standard InChI is InChI=1S/C22H24ClN7O3/c1-12(2)16(31)11-29-10-15(19(27-29)14-9-13(23)5-6-17(14)33-3)26-22(32)18-20(24)28-30-8-4-7-25-21(18)30/h4-10,12,16,31H,11H2,1-3H3,(H2,24,28)(H,26,32). The molecule has 0 saturated heterocycles. The van der Waals surface area contributed by atoms with Gasteiger partial charge < -0.3 is 20.9 Å². The third-order valence-electron chi connectivity index (χ3n) is 5.22. The molecule has 1 unspecified atom stereocenters. The maximum Gasteiger partial charge on any atom is 0.263 e. The first-order chi connectivity index (χ1) is 15.8. The van der Waals surface area contributed by atoms with Gasteiger partial charge in [-0.25, -0.2) is 9.50 Å². The second-order valence-corrected chi connectivity index (χ2v) is 8.31. The Morgan fingerprint density at radius 2 is 2.12 bits per heavy atom. The van der Waals surface area contributed by atoms with Gasteiger partial charge in [0.25, 0.3) is 5.91 Å². The normalized spacial score (nSPS) is 12.3. The van der Waals surface area contributed by atoms with Crippen LogP contribution in [0.25, 0.3) is 16.9 Å². The minimum Gasteiger partial charge on any atom is -0.496 e. The fraction of sp³-hybridized carbons (Fsp3) is 0.273. The van der Waals surface area contributed by atoms with Gasteiger partial charge in [-0.05, 0) is 30.2 Å². The number of ether oxygens (including phenoxy) is 1. The summed E-state index contributed by atoms with van der Waals surface area (Å²) in [6.07, 6.45) is 4.24. The summed E-state index contributed by atoms with van der Waals surface area (Å²) in [6.45, 7) is 4.07. The summed E-state index contributed by atoms with van der Waals surface area (Å²) >= 11 is 6.23. The summed E-state index contributed by atoms with van der Waals surface area (Å²) in [5, 5.41) is 22.4. The SMILES string of the molecule is COc1ccc(Cl)cc1-c1nn(CC(O)C(C)C)cc1NC(=O)c1c(N)nn2cccnc12. The quantitative estimate of drug-likeness (QED) is 0.378. The lowest BCUT2D eigenvalue weighted by atomic mass is 10.1. The van der Waals surface area contributed by atoms with Crippen LogP contribution in [0.3, 0.4) is 0 Å². The molecule has 4 N–H and O–H groups in total. The molecular formula is C22H24ClN7O3. The van der Waals surface area contributed by atoms with Crippen LogP contribution in [0.4, 0.5) is 11.5 Å². The van der Waals surface area contributed by atoms with Gasteiger partial charge in [0.2, 0.25) is 0 Å². The summed E-state index contributed by atoms with van der Waals surface area (Å²) in [6, 6.07) is 6.81. The molecule has 1 amide bonds. The number of fused-ring (bicyclic) bond motifs is 1. The zero-order chi connectivity index (χ0) is 23.7. The predicted octanol–water partition coefficient (Wildman–Crippen LogP) is 3.11. The Labute approximate surface area is 194 Å². The van der Waals surface area contributed by atoms with Crippen molar-refractivity contribution in [1.82, 2.24) is 24.4 Å². The molecule has 0 aliphatic rings. The Morgan fingerprint density at radius 1 is 1.33 bits per heavy atom. The van der Waals surface area contributed by atoms with Crippen LogP contribution in [0.15, 0.2) is 42.9 Å². The molecule has 1 aromatic carbocycles. The van der Waals surface area contributed by atoms with Crippen molar-refractivity contribution in [3.8, 4) is 17.0 Å². The molecule has 0 saturated carbocycles. The van der Waals surface area contributed by atoms with Crippen molar-refractivity contribution in [2.24, 2.45) is 5.92 Å². The molecule has 0 spiro atoms. The number of amides is 1. The van der Waals surface area contributed by atoms with Crippen LogP contribution in [-0.2, 0) is 6.54 Å². The van der Waals surface area contributed by atoms with Gasteiger partial charge in [0.05, 0.1) is 25.4 Å². The van der Waals surface area contributed by atoms with Gasteiger partial charge >= 0.3 is 0 Å². The number of methoxy groups -OCH3 is 1. The number of aromatic nitrogens is 5.